The van der Waals surface area contributed by atoms with Crippen LogP contribution in [-0.4, -0.2) is 40.4 Å². The van der Waals surface area contributed by atoms with Gasteiger partial charge in [0.15, 0.2) is 16.9 Å². The predicted octanol–water partition coefficient (Wildman–Crippen LogP) is 5.11. The first-order valence-corrected chi connectivity index (χ1v) is 12.0. The van der Waals surface area contributed by atoms with E-state index in [1.165, 1.54) is 19.8 Å². The molecule has 0 aromatic heterocycles. The first kappa shape index (κ1) is 25.8. The Bertz CT molecular complexity index is 1170. The summed E-state index contributed by atoms with van der Waals surface area (Å²) in [5.74, 6) is -0.202. The number of ether oxygens (including phenoxy) is 5. The second-order valence-corrected chi connectivity index (χ2v) is 9.70. The summed E-state index contributed by atoms with van der Waals surface area (Å²) in [5.41, 5.74) is 4.98. The predicted molar refractivity (Wildman–Crippen MR) is 134 cm³/mol. The summed E-state index contributed by atoms with van der Waals surface area (Å²) in [4.78, 5) is 26.0. The zero-order chi connectivity index (χ0) is 26.2. The van der Waals surface area contributed by atoms with Gasteiger partial charge >= 0.3 is 11.9 Å². The number of rotatable bonds is 6. The molecule has 2 aromatic carbocycles. The molecule has 2 aromatic rings. The Kier molecular flexibility index (Phi) is 7.14. The molecule has 3 atom stereocenters. The van der Waals surface area contributed by atoms with Crippen molar-refractivity contribution in [2.75, 3.05) is 28.4 Å². The van der Waals surface area contributed by atoms with Crippen LogP contribution < -0.4 is 9.47 Å². The molecule has 0 unspecified atom stereocenters. The summed E-state index contributed by atoms with van der Waals surface area (Å²) in [5, 5.41) is 0. The number of carbonyl (C=O) groups is 2. The monoisotopic (exact) mass is 494 g/mol. The molecule has 7 nitrogen and oxygen atoms in total. The van der Waals surface area contributed by atoms with E-state index in [-0.39, 0.29) is 24.9 Å². The van der Waals surface area contributed by atoms with Gasteiger partial charge in [-0.05, 0) is 68.0 Å². The van der Waals surface area contributed by atoms with Crippen LogP contribution in [0.1, 0.15) is 52.9 Å². The molecule has 0 amide bonds. The summed E-state index contributed by atoms with van der Waals surface area (Å²) in [7, 11) is 5.78. The fourth-order valence-corrected chi connectivity index (χ4v) is 5.95. The van der Waals surface area contributed by atoms with E-state index >= 15 is 0 Å². The molecule has 36 heavy (non-hydrogen) atoms. The van der Waals surface area contributed by atoms with Crippen molar-refractivity contribution in [3.8, 4) is 11.5 Å². The van der Waals surface area contributed by atoms with Crippen molar-refractivity contribution in [2.45, 2.75) is 45.8 Å². The quantitative estimate of drug-likeness (QED) is 0.314. The number of esters is 2. The smallest absolute Gasteiger partial charge is 0.323 e. The highest BCUT2D eigenvalue weighted by atomic mass is 16.5. The average molecular weight is 495 g/mol. The molecule has 0 N–H and O–H groups in total. The van der Waals surface area contributed by atoms with Crippen LogP contribution in [0.2, 0.25) is 0 Å². The van der Waals surface area contributed by atoms with E-state index in [1.807, 2.05) is 18.2 Å². The van der Waals surface area contributed by atoms with Crippen LogP contribution in [0.25, 0.3) is 0 Å². The zero-order valence-electron chi connectivity index (χ0n) is 22.0. The van der Waals surface area contributed by atoms with Crippen LogP contribution in [0.4, 0.5) is 0 Å². The fourth-order valence-electron chi connectivity index (χ4n) is 5.95. The van der Waals surface area contributed by atoms with Gasteiger partial charge in [-0.1, -0.05) is 35.4 Å². The Balaban J connectivity index is 1.87. The Hall–Kier alpha value is -3.32. The fraction of sp³-hybridized carbons (Fsp3) is 0.448. The molecule has 0 spiro atoms. The van der Waals surface area contributed by atoms with E-state index in [4.69, 9.17) is 23.7 Å². The molecule has 1 saturated carbocycles. The van der Waals surface area contributed by atoms with Gasteiger partial charge in [-0.2, -0.15) is 0 Å². The Morgan fingerprint density at radius 3 is 2.06 bits per heavy atom. The highest BCUT2D eigenvalue weighted by molar-refractivity contribution is 6.01. The first-order chi connectivity index (χ1) is 17.2. The number of methoxy groups -OCH3 is 4. The molecule has 4 rings (SSSR count). The molecule has 7 heteroatoms. The molecule has 1 aliphatic heterocycles. The summed E-state index contributed by atoms with van der Waals surface area (Å²) in [6.07, 6.45) is 1.76. The second kappa shape index (κ2) is 9.97. The maximum absolute atomic E-state index is 13.0. The van der Waals surface area contributed by atoms with Crippen molar-refractivity contribution >= 4 is 11.9 Å². The lowest BCUT2D eigenvalue weighted by molar-refractivity contribution is -0.169. The van der Waals surface area contributed by atoms with E-state index in [9.17, 15) is 9.59 Å². The van der Waals surface area contributed by atoms with Crippen molar-refractivity contribution in [3.63, 3.8) is 0 Å². The van der Waals surface area contributed by atoms with Gasteiger partial charge in [0.05, 0.1) is 34.5 Å². The van der Waals surface area contributed by atoms with Crippen LogP contribution in [0, 0.1) is 32.1 Å². The van der Waals surface area contributed by atoms with Gasteiger partial charge in [-0.25, -0.2) is 0 Å². The molecule has 1 heterocycles. The molecule has 192 valence electrons. The minimum atomic E-state index is -1.41. The van der Waals surface area contributed by atoms with Crippen LogP contribution >= 0.6 is 0 Å². The van der Waals surface area contributed by atoms with E-state index in [1.54, 1.807) is 14.2 Å². The van der Waals surface area contributed by atoms with Gasteiger partial charge < -0.3 is 23.7 Å². The Labute approximate surface area is 212 Å². The normalized spacial score (nSPS) is 22.3. The SMILES string of the molecule is COC(=O)C1(C(=O)OC)CC2=C[C@@H](c3c(C)cc(C)cc3C)O[C@H](c3ccc(OC)c(OC)c3)[C@@H]2C1. The van der Waals surface area contributed by atoms with Crippen LogP contribution in [0.15, 0.2) is 42.0 Å². The summed E-state index contributed by atoms with van der Waals surface area (Å²) >= 11 is 0. The molecule has 0 radical (unpaired) electrons. The number of benzene rings is 2. The first-order valence-electron chi connectivity index (χ1n) is 12.0. The molecule has 1 fully saturated rings. The van der Waals surface area contributed by atoms with E-state index in [2.05, 4.69) is 39.0 Å². The maximum Gasteiger partial charge on any atom is 0.323 e. The van der Waals surface area contributed by atoms with E-state index in [0.29, 0.717) is 11.5 Å². The minimum Gasteiger partial charge on any atom is -0.493 e. The molecular formula is C29H34O7. The van der Waals surface area contributed by atoms with Crippen LogP contribution in [-0.2, 0) is 23.8 Å². The summed E-state index contributed by atoms with van der Waals surface area (Å²) in [6.45, 7) is 6.23. The standard InChI is InChI=1S/C29H34O7/c1-16-10-17(2)25(18(3)11-16)24-13-20-14-29(27(30)34-6,28(31)35-7)15-21(20)26(36-24)19-8-9-22(32-4)23(12-19)33-5/h8-13,21,24,26H,14-15H2,1-7H3/t21-,24+,26-/m1/s1. The van der Waals surface area contributed by atoms with Crippen molar-refractivity contribution in [1.82, 2.24) is 0 Å². The van der Waals surface area contributed by atoms with Gasteiger partial charge in [0.25, 0.3) is 0 Å². The van der Waals surface area contributed by atoms with Crippen molar-refractivity contribution in [2.24, 2.45) is 11.3 Å². The van der Waals surface area contributed by atoms with Gasteiger partial charge in [0.1, 0.15) is 6.10 Å². The molecule has 2 aliphatic rings. The third kappa shape index (κ3) is 4.26. The van der Waals surface area contributed by atoms with Gasteiger partial charge in [0.2, 0.25) is 0 Å². The number of hydrogen-bond acceptors (Lipinski definition) is 7. The lowest BCUT2D eigenvalue weighted by atomic mass is 9.82. The molecule has 0 bridgehead atoms. The van der Waals surface area contributed by atoms with Crippen molar-refractivity contribution in [1.29, 1.82) is 0 Å². The topological polar surface area (TPSA) is 80.3 Å². The van der Waals surface area contributed by atoms with Crippen molar-refractivity contribution in [3.05, 3.63) is 69.8 Å². The lowest BCUT2D eigenvalue weighted by Crippen LogP contribution is -2.39. The molecule has 1 aliphatic carbocycles. The lowest BCUT2D eigenvalue weighted by Gasteiger charge is -2.35. The zero-order valence-corrected chi connectivity index (χ0v) is 22.0. The maximum atomic E-state index is 13.0. The Morgan fingerprint density at radius 2 is 1.50 bits per heavy atom. The van der Waals surface area contributed by atoms with Crippen LogP contribution in [0.5, 0.6) is 11.5 Å². The summed E-state index contributed by atoms with van der Waals surface area (Å²) in [6, 6.07) is 9.97. The summed E-state index contributed by atoms with van der Waals surface area (Å²) < 4.78 is 28.0. The largest absolute Gasteiger partial charge is 0.493 e. The highest BCUT2D eigenvalue weighted by Crippen LogP contribution is 2.57. The molecular weight excluding hydrogens is 460 g/mol. The van der Waals surface area contributed by atoms with Gasteiger partial charge in [-0.3, -0.25) is 9.59 Å². The van der Waals surface area contributed by atoms with Gasteiger partial charge in [-0.15, -0.1) is 0 Å². The number of carbonyl (C=O) groups excluding carboxylic acids is 2. The number of hydrogen-bond donors (Lipinski definition) is 0. The van der Waals surface area contributed by atoms with Crippen LogP contribution in [0.3, 0.4) is 0 Å². The Morgan fingerprint density at radius 1 is 0.889 bits per heavy atom. The van der Waals surface area contributed by atoms with Gasteiger partial charge in [0, 0.05) is 5.92 Å². The number of fused-ring (bicyclic) bond motifs is 1. The molecule has 0 saturated heterocycles. The third-order valence-electron chi connectivity index (χ3n) is 7.49. The third-order valence-corrected chi connectivity index (χ3v) is 7.49. The average Bonchev–Trinajstić information content (AvgIpc) is 3.27. The minimum absolute atomic E-state index is 0.219. The highest BCUT2D eigenvalue weighted by Gasteiger charge is 2.58. The number of aryl methyl sites for hydroxylation is 3. The van der Waals surface area contributed by atoms with E-state index < -0.39 is 23.5 Å². The van der Waals surface area contributed by atoms with E-state index in [0.717, 1.165) is 27.8 Å². The second-order valence-electron chi connectivity index (χ2n) is 9.70. The van der Waals surface area contributed by atoms with Crippen molar-refractivity contribution < 1.29 is 33.3 Å².